The number of nitrogens with zero attached hydrogens (tertiary/aromatic N) is 3. The summed E-state index contributed by atoms with van der Waals surface area (Å²) in [6.45, 7) is 4.00. The summed E-state index contributed by atoms with van der Waals surface area (Å²) in [6.07, 6.45) is 4.11. The van der Waals surface area contributed by atoms with Crippen LogP contribution >= 0.6 is 11.8 Å². The Hall–Kier alpha value is -2.33. The molecule has 1 amide bonds. The van der Waals surface area contributed by atoms with Crippen molar-refractivity contribution in [1.82, 2.24) is 14.9 Å². The maximum atomic E-state index is 12.9. The summed E-state index contributed by atoms with van der Waals surface area (Å²) in [7, 11) is 0. The molecule has 0 saturated heterocycles. The van der Waals surface area contributed by atoms with Gasteiger partial charge in [0, 0.05) is 6.04 Å². The fourth-order valence-electron chi connectivity index (χ4n) is 3.47. The molecule has 7 heteroatoms. The lowest BCUT2D eigenvalue weighted by molar-refractivity contribution is -0.119. The van der Waals surface area contributed by atoms with Crippen molar-refractivity contribution in [2.75, 3.05) is 5.75 Å². The van der Waals surface area contributed by atoms with E-state index in [2.05, 4.69) is 16.4 Å². The van der Waals surface area contributed by atoms with Gasteiger partial charge in [-0.3, -0.25) is 14.2 Å². The molecule has 0 aliphatic heterocycles. The van der Waals surface area contributed by atoms with Crippen LogP contribution in [0.15, 0.2) is 34.2 Å². The number of carbonyl (C=O) groups is 1. The highest BCUT2D eigenvalue weighted by Crippen LogP contribution is 2.29. The quantitative estimate of drug-likeness (QED) is 0.609. The predicted octanol–water partition coefficient (Wildman–Crippen LogP) is 3.41. The highest BCUT2D eigenvalue weighted by molar-refractivity contribution is 7.99. The molecule has 1 aromatic carbocycles. The number of thioether (sulfide) groups is 1. The van der Waals surface area contributed by atoms with Crippen molar-refractivity contribution in [1.29, 1.82) is 5.26 Å². The minimum Gasteiger partial charge on any atom is -0.337 e. The first-order valence-electron chi connectivity index (χ1n) is 9.36. The van der Waals surface area contributed by atoms with Crippen LogP contribution < -0.4 is 10.9 Å². The summed E-state index contributed by atoms with van der Waals surface area (Å²) in [5.74, 6) is -0.0634. The number of carbonyl (C=O) groups excluding carboxylic acids is 1. The fourth-order valence-corrected chi connectivity index (χ4v) is 4.37. The number of nitrogens with one attached hydrogen (secondary N) is 1. The van der Waals surface area contributed by atoms with Gasteiger partial charge in [0.2, 0.25) is 5.91 Å². The van der Waals surface area contributed by atoms with Gasteiger partial charge in [-0.15, -0.1) is 0 Å². The maximum Gasteiger partial charge on any atom is 0.262 e. The first kappa shape index (κ1) is 19.4. The van der Waals surface area contributed by atoms with Gasteiger partial charge in [0.15, 0.2) is 5.16 Å². The first-order chi connectivity index (χ1) is 13.0. The van der Waals surface area contributed by atoms with Crippen LogP contribution in [-0.4, -0.2) is 26.8 Å². The number of hydrogen-bond donors (Lipinski definition) is 1. The summed E-state index contributed by atoms with van der Waals surface area (Å²) >= 11 is 1.25. The predicted molar refractivity (Wildman–Crippen MR) is 107 cm³/mol. The van der Waals surface area contributed by atoms with Gasteiger partial charge >= 0.3 is 0 Å². The average molecular weight is 385 g/mol. The van der Waals surface area contributed by atoms with E-state index in [1.165, 1.54) is 11.8 Å². The van der Waals surface area contributed by atoms with Gasteiger partial charge < -0.3 is 5.32 Å². The van der Waals surface area contributed by atoms with Crippen molar-refractivity contribution >= 4 is 28.6 Å². The number of hydrogen-bond acceptors (Lipinski definition) is 5. The number of fused-ring (bicyclic) bond motifs is 1. The van der Waals surface area contributed by atoms with Crippen molar-refractivity contribution in [3.8, 4) is 6.07 Å². The number of para-hydroxylation sites is 1. The Bertz CT molecular complexity index is 941. The molecule has 2 aromatic rings. The number of benzene rings is 1. The third-order valence-corrected chi connectivity index (χ3v) is 6.14. The van der Waals surface area contributed by atoms with E-state index < -0.39 is 5.54 Å². The van der Waals surface area contributed by atoms with Gasteiger partial charge in [0.1, 0.15) is 5.54 Å². The smallest absolute Gasteiger partial charge is 0.262 e. The number of nitriles is 1. The number of amides is 1. The molecule has 1 aliphatic carbocycles. The largest absolute Gasteiger partial charge is 0.337 e. The number of aromatic nitrogens is 2. The molecule has 1 aromatic heterocycles. The molecular formula is C20H24N4O2S. The molecular weight excluding hydrogens is 360 g/mol. The molecule has 142 valence electrons. The Balaban J connectivity index is 1.84. The zero-order chi connectivity index (χ0) is 19.4. The molecule has 0 bridgehead atoms. The van der Waals surface area contributed by atoms with E-state index in [0.29, 0.717) is 28.9 Å². The van der Waals surface area contributed by atoms with Gasteiger partial charge in [-0.25, -0.2) is 4.98 Å². The van der Waals surface area contributed by atoms with Crippen molar-refractivity contribution in [2.45, 2.75) is 62.7 Å². The molecule has 0 spiro atoms. The van der Waals surface area contributed by atoms with Crippen molar-refractivity contribution in [3.63, 3.8) is 0 Å². The van der Waals surface area contributed by atoms with E-state index >= 15 is 0 Å². The Morgan fingerprint density at radius 2 is 2.11 bits per heavy atom. The standard InChI is InChI=1S/C20H24N4O2S/c1-3-14(2)24-18(26)15-8-4-5-9-16(15)22-19(24)27-12-17(25)23-20(13-21)10-6-7-11-20/h4-5,8-9,14H,3,6-7,10-12H2,1-2H3,(H,23,25). The lowest BCUT2D eigenvalue weighted by Crippen LogP contribution is -2.45. The Morgan fingerprint density at radius 1 is 1.41 bits per heavy atom. The van der Waals surface area contributed by atoms with E-state index in [1.807, 2.05) is 32.0 Å². The lowest BCUT2D eigenvalue weighted by atomic mass is 10.0. The van der Waals surface area contributed by atoms with E-state index in [-0.39, 0.29) is 23.3 Å². The summed E-state index contributed by atoms with van der Waals surface area (Å²) in [5, 5.41) is 13.4. The Labute approximate surface area is 163 Å². The summed E-state index contributed by atoms with van der Waals surface area (Å²) in [6, 6.07) is 9.52. The van der Waals surface area contributed by atoms with Gasteiger partial charge in [-0.1, -0.05) is 30.8 Å². The molecule has 1 fully saturated rings. The lowest BCUT2D eigenvalue weighted by Gasteiger charge is -2.22. The van der Waals surface area contributed by atoms with Crippen LogP contribution in [0.25, 0.3) is 10.9 Å². The van der Waals surface area contributed by atoms with Gasteiger partial charge in [0.25, 0.3) is 5.56 Å². The highest BCUT2D eigenvalue weighted by atomic mass is 32.2. The Kier molecular flexibility index (Phi) is 5.85. The highest BCUT2D eigenvalue weighted by Gasteiger charge is 2.35. The van der Waals surface area contributed by atoms with E-state index in [1.54, 1.807) is 10.6 Å². The second kappa shape index (κ2) is 8.13. The minimum absolute atomic E-state index is 0.0135. The van der Waals surface area contributed by atoms with Gasteiger partial charge in [-0.2, -0.15) is 5.26 Å². The van der Waals surface area contributed by atoms with Gasteiger partial charge in [-0.05, 0) is 51.2 Å². The molecule has 0 radical (unpaired) electrons. The molecule has 1 atom stereocenters. The third kappa shape index (κ3) is 4.01. The van der Waals surface area contributed by atoms with E-state index in [9.17, 15) is 14.9 Å². The molecule has 27 heavy (non-hydrogen) atoms. The monoisotopic (exact) mass is 384 g/mol. The summed E-state index contributed by atoms with van der Waals surface area (Å²) in [5.41, 5.74) is -0.179. The molecule has 1 unspecified atom stereocenters. The molecule has 1 aliphatic rings. The van der Waals surface area contributed by atoms with Crippen molar-refractivity contribution in [2.24, 2.45) is 0 Å². The second-order valence-electron chi connectivity index (χ2n) is 7.08. The summed E-state index contributed by atoms with van der Waals surface area (Å²) < 4.78 is 1.68. The maximum absolute atomic E-state index is 12.9. The molecule has 1 N–H and O–H groups in total. The van der Waals surface area contributed by atoms with Crippen LogP contribution in [0.5, 0.6) is 0 Å². The average Bonchev–Trinajstić information content (AvgIpc) is 3.15. The Morgan fingerprint density at radius 3 is 2.78 bits per heavy atom. The molecule has 3 rings (SSSR count). The van der Waals surface area contributed by atoms with Crippen LogP contribution in [0.3, 0.4) is 0 Å². The minimum atomic E-state index is -0.731. The first-order valence-corrected chi connectivity index (χ1v) is 10.3. The van der Waals surface area contributed by atoms with Crippen molar-refractivity contribution < 1.29 is 4.79 Å². The van der Waals surface area contributed by atoms with Crippen LogP contribution in [-0.2, 0) is 4.79 Å². The fraction of sp³-hybridized carbons (Fsp3) is 0.500. The van der Waals surface area contributed by atoms with E-state index in [0.717, 1.165) is 19.3 Å². The topological polar surface area (TPSA) is 87.8 Å². The zero-order valence-corrected chi connectivity index (χ0v) is 16.5. The van der Waals surface area contributed by atoms with Gasteiger partial charge in [0.05, 0.1) is 22.7 Å². The van der Waals surface area contributed by atoms with Crippen molar-refractivity contribution in [3.05, 3.63) is 34.6 Å². The SMILES string of the molecule is CCC(C)n1c(SCC(=O)NC2(C#N)CCCC2)nc2ccccc2c1=O. The molecule has 6 nitrogen and oxygen atoms in total. The second-order valence-corrected chi connectivity index (χ2v) is 8.02. The normalized spacial score (nSPS) is 16.8. The van der Waals surface area contributed by atoms with Crippen LogP contribution in [0.1, 0.15) is 52.0 Å². The van der Waals surface area contributed by atoms with Crippen LogP contribution in [0.4, 0.5) is 0 Å². The van der Waals surface area contributed by atoms with Crippen LogP contribution in [0.2, 0.25) is 0 Å². The summed E-state index contributed by atoms with van der Waals surface area (Å²) in [4.78, 5) is 30.0. The molecule has 1 heterocycles. The zero-order valence-electron chi connectivity index (χ0n) is 15.7. The third-order valence-electron chi connectivity index (χ3n) is 5.19. The van der Waals surface area contributed by atoms with E-state index in [4.69, 9.17) is 0 Å². The molecule has 1 saturated carbocycles. The number of rotatable bonds is 6. The van der Waals surface area contributed by atoms with Crippen LogP contribution in [0, 0.1) is 11.3 Å².